The molecule has 0 aromatic heterocycles. The molecule has 152 valence electrons. The van der Waals surface area contributed by atoms with Crippen molar-refractivity contribution in [3.8, 4) is 0 Å². The Kier molecular flexibility index (Phi) is 7.40. The van der Waals surface area contributed by atoms with Gasteiger partial charge < -0.3 is 20.1 Å². The van der Waals surface area contributed by atoms with Gasteiger partial charge in [-0.05, 0) is 43.0 Å². The second-order valence-electron chi connectivity index (χ2n) is 6.96. The molecule has 28 heavy (non-hydrogen) atoms. The Balaban J connectivity index is 1.58. The Labute approximate surface area is 174 Å². The van der Waals surface area contributed by atoms with Gasteiger partial charge in [-0.3, -0.25) is 9.59 Å². The summed E-state index contributed by atoms with van der Waals surface area (Å²) in [6, 6.07) is 7.43. The second kappa shape index (κ2) is 9.78. The molecule has 0 radical (unpaired) electrons. The van der Waals surface area contributed by atoms with Crippen LogP contribution < -0.4 is 10.6 Å². The number of methoxy groups -OCH3 is 2. The highest BCUT2D eigenvalue weighted by molar-refractivity contribution is 8.04. The molecule has 1 aliphatic heterocycles. The maximum absolute atomic E-state index is 12.5. The van der Waals surface area contributed by atoms with Crippen molar-refractivity contribution < 1.29 is 19.1 Å². The molecule has 2 N–H and O–H groups in total. The number of benzene rings is 1. The largest absolute Gasteiger partial charge is 0.354 e. The molecular weight excluding hydrogens is 400 g/mol. The molecule has 3 rings (SSSR count). The highest BCUT2D eigenvalue weighted by Gasteiger charge is 2.39. The van der Waals surface area contributed by atoms with Gasteiger partial charge in [0.15, 0.2) is 6.29 Å². The van der Waals surface area contributed by atoms with E-state index in [-0.39, 0.29) is 29.0 Å². The molecule has 1 aromatic carbocycles. The monoisotopic (exact) mass is 424 g/mol. The SMILES string of the molecule is COC(CNC(=O)C1CCC2S/C(=C/c3cccc(Cl)c3)C(=O)NC2C1)OC. The van der Waals surface area contributed by atoms with E-state index in [0.717, 1.165) is 18.4 Å². The van der Waals surface area contributed by atoms with Crippen molar-refractivity contribution in [2.75, 3.05) is 20.8 Å². The fourth-order valence-corrected chi connectivity index (χ4v) is 5.06. The molecule has 0 spiro atoms. The third kappa shape index (κ3) is 5.29. The summed E-state index contributed by atoms with van der Waals surface area (Å²) < 4.78 is 10.2. The summed E-state index contributed by atoms with van der Waals surface area (Å²) in [6.07, 6.45) is 3.73. The van der Waals surface area contributed by atoms with Crippen molar-refractivity contribution in [1.82, 2.24) is 10.6 Å². The number of thioether (sulfide) groups is 1. The lowest BCUT2D eigenvalue weighted by atomic mass is 9.84. The lowest BCUT2D eigenvalue weighted by molar-refractivity contribution is -0.132. The smallest absolute Gasteiger partial charge is 0.257 e. The van der Waals surface area contributed by atoms with Gasteiger partial charge >= 0.3 is 0 Å². The minimum atomic E-state index is -0.454. The van der Waals surface area contributed by atoms with Crippen LogP contribution >= 0.6 is 23.4 Å². The summed E-state index contributed by atoms with van der Waals surface area (Å²) >= 11 is 7.63. The minimum absolute atomic E-state index is 0.000779. The number of halogens is 1. The number of fused-ring (bicyclic) bond motifs is 1. The first kappa shape index (κ1) is 21.2. The molecule has 1 aliphatic carbocycles. The van der Waals surface area contributed by atoms with Gasteiger partial charge in [0.2, 0.25) is 5.91 Å². The van der Waals surface area contributed by atoms with Gasteiger partial charge in [0, 0.05) is 36.5 Å². The summed E-state index contributed by atoms with van der Waals surface area (Å²) in [5.41, 5.74) is 0.905. The van der Waals surface area contributed by atoms with Crippen LogP contribution in [0.2, 0.25) is 5.02 Å². The van der Waals surface area contributed by atoms with Gasteiger partial charge in [-0.15, -0.1) is 11.8 Å². The molecule has 1 saturated carbocycles. The number of hydrogen-bond acceptors (Lipinski definition) is 5. The third-order valence-corrected chi connectivity index (χ3v) is 6.75. The summed E-state index contributed by atoms with van der Waals surface area (Å²) in [4.78, 5) is 25.7. The molecule has 1 aromatic rings. The first-order valence-corrected chi connectivity index (χ1v) is 10.5. The number of hydrogen-bond donors (Lipinski definition) is 2. The highest BCUT2D eigenvalue weighted by Crippen LogP contribution is 2.40. The maximum atomic E-state index is 12.5. The number of carbonyl (C=O) groups is 2. The quantitative estimate of drug-likeness (QED) is 0.542. The molecule has 6 nitrogen and oxygen atoms in total. The van der Waals surface area contributed by atoms with E-state index in [1.807, 2.05) is 30.3 Å². The number of rotatable bonds is 6. The Bertz CT molecular complexity index is 753. The van der Waals surface area contributed by atoms with Crippen molar-refractivity contribution >= 4 is 41.3 Å². The normalized spacial score (nSPS) is 26.1. The number of nitrogens with one attached hydrogen (secondary N) is 2. The summed E-state index contributed by atoms with van der Waals surface area (Å²) in [7, 11) is 3.07. The zero-order valence-corrected chi connectivity index (χ0v) is 17.5. The summed E-state index contributed by atoms with van der Waals surface area (Å²) in [6.45, 7) is 0.310. The van der Waals surface area contributed by atoms with Crippen LogP contribution in [0.1, 0.15) is 24.8 Å². The molecular formula is C20H25ClN2O4S. The maximum Gasteiger partial charge on any atom is 0.257 e. The van der Waals surface area contributed by atoms with Gasteiger partial charge in [-0.25, -0.2) is 0 Å². The molecule has 1 saturated heterocycles. The van der Waals surface area contributed by atoms with Crippen LogP contribution in [0.15, 0.2) is 29.2 Å². The Hall–Kier alpha value is -1.54. The van der Waals surface area contributed by atoms with Gasteiger partial charge in [0.05, 0.1) is 11.4 Å². The predicted octanol–water partition coefficient (Wildman–Crippen LogP) is 2.82. The molecule has 2 aliphatic rings. The van der Waals surface area contributed by atoms with Crippen LogP contribution in [-0.2, 0) is 19.1 Å². The summed E-state index contributed by atoms with van der Waals surface area (Å²) in [5, 5.41) is 6.88. The lowest BCUT2D eigenvalue weighted by Gasteiger charge is -2.39. The number of amides is 2. The Morgan fingerprint density at radius 3 is 2.89 bits per heavy atom. The average molecular weight is 425 g/mol. The number of ether oxygens (including phenoxy) is 2. The van der Waals surface area contributed by atoms with Crippen LogP contribution in [0.5, 0.6) is 0 Å². The van der Waals surface area contributed by atoms with Crippen molar-refractivity contribution in [1.29, 1.82) is 0 Å². The van der Waals surface area contributed by atoms with E-state index in [1.54, 1.807) is 11.8 Å². The molecule has 3 unspecified atom stereocenters. The molecule has 8 heteroatoms. The van der Waals surface area contributed by atoms with Gasteiger partial charge in [0.1, 0.15) is 0 Å². The van der Waals surface area contributed by atoms with Gasteiger partial charge in [-0.2, -0.15) is 0 Å². The first-order valence-electron chi connectivity index (χ1n) is 9.28. The van der Waals surface area contributed by atoms with Crippen LogP contribution in [0, 0.1) is 5.92 Å². The predicted molar refractivity (Wildman–Crippen MR) is 111 cm³/mol. The molecule has 2 amide bonds. The second-order valence-corrected chi connectivity index (χ2v) is 8.67. The molecule has 1 heterocycles. The Morgan fingerprint density at radius 1 is 1.39 bits per heavy atom. The minimum Gasteiger partial charge on any atom is -0.354 e. The van der Waals surface area contributed by atoms with E-state index >= 15 is 0 Å². The average Bonchev–Trinajstić information content (AvgIpc) is 2.69. The number of carbonyl (C=O) groups excluding carboxylic acids is 2. The van der Waals surface area contributed by atoms with Crippen LogP contribution in [-0.4, -0.2) is 50.2 Å². The van der Waals surface area contributed by atoms with E-state index in [9.17, 15) is 9.59 Å². The first-order chi connectivity index (χ1) is 13.5. The fraction of sp³-hybridized carbons (Fsp3) is 0.500. The molecule has 2 fully saturated rings. The fourth-order valence-electron chi connectivity index (χ4n) is 3.57. The highest BCUT2D eigenvalue weighted by atomic mass is 35.5. The van der Waals surface area contributed by atoms with Crippen molar-refractivity contribution in [3.05, 3.63) is 39.8 Å². The van der Waals surface area contributed by atoms with Crippen LogP contribution in [0.25, 0.3) is 6.08 Å². The van der Waals surface area contributed by atoms with E-state index in [1.165, 1.54) is 14.2 Å². The van der Waals surface area contributed by atoms with Crippen molar-refractivity contribution in [3.63, 3.8) is 0 Å². The molecule has 0 bridgehead atoms. The van der Waals surface area contributed by atoms with E-state index in [0.29, 0.717) is 22.9 Å². The zero-order valence-electron chi connectivity index (χ0n) is 15.9. The molecule has 3 atom stereocenters. The van der Waals surface area contributed by atoms with E-state index < -0.39 is 6.29 Å². The van der Waals surface area contributed by atoms with Gasteiger partial charge in [0.25, 0.3) is 5.91 Å². The lowest BCUT2D eigenvalue weighted by Crippen LogP contribution is -2.52. The zero-order chi connectivity index (χ0) is 20.1. The Morgan fingerprint density at radius 2 is 2.18 bits per heavy atom. The topological polar surface area (TPSA) is 76.7 Å². The summed E-state index contributed by atoms with van der Waals surface area (Å²) in [5.74, 6) is -0.224. The van der Waals surface area contributed by atoms with E-state index in [4.69, 9.17) is 21.1 Å². The van der Waals surface area contributed by atoms with Crippen LogP contribution in [0.3, 0.4) is 0 Å². The van der Waals surface area contributed by atoms with Crippen molar-refractivity contribution in [2.24, 2.45) is 5.92 Å². The third-order valence-electron chi connectivity index (χ3n) is 5.09. The van der Waals surface area contributed by atoms with Crippen molar-refractivity contribution in [2.45, 2.75) is 36.8 Å². The standard InChI is InChI=1S/C20H25ClN2O4S/c1-26-18(27-2)11-22-19(24)13-6-7-16-15(10-13)23-20(25)17(28-16)9-12-4-3-5-14(21)8-12/h3-5,8-9,13,15-16,18H,6-7,10-11H2,1-2H3,(H,22,24)(H,23,25)/b17-9+. The van der Waals surface area contributed by atoms with Crippen LogP contribution in [0.4, 0.5) is 0 Å². The van der Waals surface area contributed by atoms with E-state index in [2.05, 4.69) is 10.6 Å². The van der Waals surface area contributed by atoms with Gasteiger partial charge in [-0.1, -0.05) is 23.7 Å².